The van der Waals surface area contributed by atoms with Crippen LogP contribution in [0.1, 0.15) is 11.1 Å². The molecule has 3 nitrogen and oxygen atoms in total. The zero-order chi connectivity index (χ0) is 12.5. The van der Waals surface area contributed by atoms with Crippen molar-refractivity contribution in [2.45, 2.75) is 13.0 Å². The Morgan fingerprint density at radius 1 is 0.889 bits per heavy atom. The van der Waals surface area contributed by atoms with Gasteiger partial charge in [-0.05, 0) is 35.7 Å². The molecular formula is C15H17N3. The fourth-order valence-corrected chi connectivity index (χ4v) is 2.47. The predicted molar refractivity (Wildman–Crippen MR) is 76.5 cm³/mol. The fraction of sp³-hybridized carbons (Fsp3) is 0.200. The highest BCUT2D eigenvalue weighted by Crippen LogP contribution is 2.27. The number of benzene rings is 2. The van der Waals surface area contributed by atoms with E-state index in [9.17, 15) is 0 Å². The predicted octanol–water partition coefficient (Wildman–Crippen LogP) is 2.41. The summed E-state index contributed by atoms with van der Waals surface area (Å²) < 4.78 is 0. The molecule has 0 aliphatic carbocycles. The highest BCUT2D eigenvalue weighted by atomic mass is 15.1. The van der Waals surface area contributed by atoms with Crippen LogP contribution in [-0.2, 0) is 13.0 Å². The highest BCUT2D eigenvalue weighted by Gasteiger charge is 2.16. The third-order valence-corrected chi connectivity index (χ3v) is 3.57. The van der Waals surface area contributed by atoms with Crippen molar-refractivity contribution in [2.24, 2.45) is 0 Å². The molecule has 0 saturated carbocycles. The van der Waals surface area contributed by atoms with Crippen LogP contribution in [0.25, 0.3) is 0 Å². The highest BCUT2D eigenvalue weighted by molar-refractivity contribution is 5.70. The van der Waals surface area contributed by atoms with E-state index in [1.807, 2.05) is 18.2 Å². The molecule has 0 bridgehead atoms. The monoisotopic (exact) mass is 239 g/mol. The maximum Gasteiger partial charge on any atom is 0.0568 e. The largest absolute Gasteiger partial charge is 0.397 e. The number of nitrogens with zero attached hydrogens (tertiary/aromatic N) is 1. The number of anilines is 3. The molecule has 3 rings (SSSR count). The van der Waals surface area contributed by atoms with Gasteiger partial charge in [0.1, 0.15) is 0 Å². The molecule has 3 heteroatoms. The van der Waals surface area contributed by atoms with E-state index in [1.165, 1.54) is 11.1 Å². The number of nitrogen functional groups attached to an aromatic ring is 2. The maximum atomic E-state index is 5.87. The van der Waals surface area contributed by atoms with Crippen molar-refractivity contribution in [3.63, 3.8) is 0 Å². The van der Waals surface area contributed by atoms with Gasteiger partial charge in [-0.1, -0.05) is 24.3 Å². The number of hydrogen-bond donors (Lipinski definition) is 2. The summed E-state index contributed by atoms with van der Waals surface area (Å²) in [4.78, 5) is 2.35. The van der Waals surface area contributed by atoms with Gasteiger partial charge in [-0.15, -0.1) is 0 Å². The van der Waals surface area contributed by atoms with Crippen LogP contribution in [-0.4, -0.2) is 6.54 Å². The molecule has 1 aliphatic heterocycles. The Kier molecular flexibility index (Phi) is 2.59. The van der Waals surface area contributed by atoms with Gasteiger partial charge in [0.2, 0.25) is 0 Å². The molecule has 0 atom stereocenters. The van der Waals surface area contributed by atoms with Crippen LogP contribution in [0.3, 0.4) is 0 Å². The zero-order valence-electron chi connectivity index (χ0n) is 10.3. The molecule has 0 unspecified atom stereocenters. The van der Waals surface area contributed by atoms with Gasteiger partial charge in [-0.25, -0.2) is 0 Å². The van der Waals surface area contributed by atoms with Crippen LogP contribution in [0.2, 0.25) is 0 Å². The van der Waals surface area contributed by atoms with Crippen molar-refractivity contribution in [3.8, 4) is 0 Å². The van der Waals surface area contributed by atoms with Crippen LogP contribution in [0.4, 0.5) is 17.1 Å². The van der Waals surface area contributed by atoms with Crippen LogP contribution in [0.5, 0.6) is 0 Å². The van der Waals surface area contributed by atoms with Crippen molar-refractivity contribution in [1.29, 1.82) is 0 Å². The lowest BCUT2D eigenvalue weighted by atomic mass is 9.99. The molecule has 0 spiro atoms. The van der Waals surface area contributed by atoms with Crippen molar-refractivity contribution in [1.82, 2.24) is 0 Å². The number of fused-ring (bicyclic) bond motifs is 1. The summed E-state index contributed by atoms with van der Waals surface area (Å²) in [6.45, 7) is 1.97. The third-order valence-electron chi connectivity index (χ3n) is 3.57. The van der Waals surface area contributed by atoms with Gasteiger partial charge >= 0.3 is 0 Å². The first kappa shape index (κ1) is 11.0. The molecular weight excluding hydrogens is 222 g/mol. The first-order valence-corrected chi connectivity index (χ1v) is 6.21. The van der Waals surface area contributed by atoms with Crippen molar-refractivity contribution in [3.05, 3.63) is 53.6 Å². The van der Waals surface area contributed by atoms with Gasteiger partial charge in [0.15, 0.2) is 0 Å². The second kappa shape index (κ2) is 4.26. The molecule has 18 heavy (non-hydrogen) atoms. The lowest BCUT2D eigenvalue weighted by Crippen LogP contribution is -2.30. The number of rotatable bonds is 1. The first-order chi connectivity index (χ1) is 8.74. The average Bonchev–Trinajstić information content (AvgIpc) is 2.41. The minimum absolute atomic E-state index is 0.649. The van der Waals surface area contributed by atoms with Crippen molar-refractivity contribution in [2.75, 3.05) is 22.9 Å². The fourth-order valence-electron chi connectivity index (χ4n) is 2.47. The van der Waals surface area contributed by atoms with Gasteiger partial charge in [0, 0.05) is 18.8 Å². The minimum Gasteiger partial charge on any atom is -0.397 e. The van der Waals surface area contributed by atoms with Gasteiger partial charge in [-0.3, -0.25) is 0 Å². The van der Waals surface area contributed by atoms with Gasteiger partial charge in [-0.2, -0.15) is 0 Å². The van der Waals surface area contributed by atoms with E-state index in [-0.39, 0.29) is 0 Å². The van der Waals surface area contributed by atoms with Crippen molar-refractivity contribution < 1.29 is 0 Å². The van der Waals surface area contributed by atoms with Crippen LogP contribution in [0.15, 0.2) is 42.5 Å². The van der Waals surface area contributed by atoms with Gasteiger partial charge < -0.3 is 16.4 Å². The molecule has 0 fully saturated rings. The van der Waals surface area contributed by atoms with Gasteiger partial charge in [0.25, 0.3) is 0 Å². The second-order valence-corrected chi connectivity index (χ2v) is 4.75. The summed E-state index contributed by atoms with van der Waals surface area (Å²) in [7, 11) is 0. The second-order valence-electron chi connectivity index (χ2n) is 4.75. The standard InChI is InChI=1S/C15H17N3/c16-14-6-5-13(9-15(14)17)18-8-7-11-3-1-2-4-12(11)10-18/h1-6,9H,7-8,10,16-17H2. The molecule has 0 saturated heterocycles. The number of nitrogens with two attached hydrogens (primary N) is 2. The van der Waals surface area contributed by atoms with E-state index < -0.39 is 0 Å². The van der Waals surface area contributed by atoms with Crippen LogP contribution >= 0.6 is 0 Å². The number of hydrogen-bond acceptors (Lipinski definition) is 3. The molecule has 2 aromatic rings. The Labute approximate surface area is 107 Å². The SMILES string of the molecule is Nc1ccc(N2CCc3ccccc3C2)cc1N. The molecule has 0 radical (unpaired) electrons. The lowest BCUT2D eigenvalue weighted by molar-refractivity contribution is 0.732. The summed E-state index contributed by atoms with van der Waals surface area (Å²) in [6.07, 6.45) is 1.08. The summed E-state index contributed by atoms with van der Waals surface area (Å²) in [6, 6.07) is 14.5. The smallest absolute Gasteiger partial charge is 0.0568 e. The van der Waals surface area contributed by atoms with Crippen LogP contribution < -0.4 is 16.4 Å². The summed E-state index contributed by atoms with van der Waals surface area (Å²) in [5.74, 6) is 0. The van der Waals surface area contributed by atoms with E-state index in [1.54, 1.807) is 0 Å². The Bertz CT molecular complexity index is 578. The quantitative estimate of drug-likeness (QED) is 0.751. The average molecular weight is 239 g/mol. The molecule has 4 N–H and O–H groups in total. The zero-order valence-corrected chi connectivity index (χ0v) is 10.3. The van der Waals surface area contributed by atoms with E-state index in [4.69, 9.17) is 11.5 Å². The maximum absolute atomic E-state index is 5.87. The first-order valence-electron chi connectivity index (χ1n) is 6.21. The topological polar surface area (TPSA) is 55.3 Å². The van der Waals surface area contributed by atoms with Crippen LogP contribution in [0, 0.1) is 0 Å². The Balaban J connectivity index is 1.89. The van der Waals surface area contributed by atoms with E-state index in [0.29, 0.717) is 11.4 Å². The molecule has 0 aromatic heterocycles. The van der Waals surface area contributed by atoms with Gasteiger partial charge in [0.05, 0.1) is 11.4 Å². The summed E-state index contributed by atoms with van der Waals surface area (Å²) >= 11 is 0. The van der Waals surface area contributed by atoms with E-state index in [0.717, 1.165) is 25.2 Å². The van der Waals surface area contributed by atoms with E-state index >= 15 is 0 Å². The Morgan fingerprint density at radius 3 is 2.44 bits per heavy atom. The molecule has 2 aromatic carbocycles. The van der Waals surface area contributed by atoms with E-state index in [2.05, 4.69) is 29.2 Å². The third kappa shape index (κ3) is 1.88. The normalized spacial score (nSPS) is 14.3. The minimum atomic E-state index is 0.649. The lowest BCUT2D eigenvalue weighted by Gasteiger charge is -2.31. The molecule has 1 heterocycles. The molecule has 0 amide bonds. The van der Waals surface area contributed by atoms with Crippen molar-refractivity contribution >= 4 is 17.1 Å². The Hall–Kier alpha value is -2.16. The summed E-state index contributed by atoms with van der Waals surface area (Å²) in [5.41, 5.74) is 16.9. The Morgan fingerprint density at radius 2 is 1.67 bits per heavy atom. The molecule has 1 aliphatic rings. The molecule has 92 valence electrons. The summed E-state index contributed by atoms with van der Waals surface area (Å²) in [5, 5.41) is 0.